The summed E-state index contributed by atoms with van der Waals surface area (Å²) in [5.74, 6) is 1.39. The zero-order chi connectivity index (χ0) is 21.8. The predicted octanol–water partition coefficient (Wildman–Crippen LogP) is 3.54. The number of methoxy groups -OCH3 is 1. The van der Waals surface area contributed by atoms with Crippen molar-refractivity contribution in [3.63, 3.8) is 0 Å². The summed E-state index contributed by atoms with van der Waals surface area (Å²) in [6.07, 6.45) is 1.23. The van der Waals surface area contributed by atoms with Crippen LogP contribution in [0.2, 0.25) is 0 Å². The molecule has 8 nitrogen and oxygen atoms in total. The number of carbonyl (C=O) groups excluding carboxylic acids is 2. The molecular formula is C23H24N4O4. The van der Waals surface area contributed by atoms with Crippen molar-refractivity contribution in [1.29, 1.82) is 0 Å². The first-order valence-corrected chi connectivity index (χ1v) is 10.2. The van der Waals surface area contributed by atoms with Crippen LogP contribution in [0.1, 0.15) is 29.0 Å². The summed E-state index contributed by atoms with van der Waals surface area (Å²) in [6.45, 7) is 2.83. The van der Waals surface area contributed by atoms with Gasteiger partial charge < -0.3 is 19.5 Å². The summed E-state index contributed by atoms with van der Waals surface area (Å²) in [5, 5.41) is 6.72. The molecule has 1 fully saturated rings. The Morgan fingerprint density at radius 1 is 1.10 bits per heavy atom. The van der Waals surface area contributed by atoms with Crippen LogP contribution in [0.25, 0.3) is 11.5 Å². The van der Waals surface area contributed by atoms with Crippen molar-refractivity contribution in [3.05, 3.63) is 59.9 Å². The van der Waals surface area contributed by atoms with E-state index in [-0.39, 0.29) is 17.7 Å². The Balaban J connectivity index is 1.34. The van der Waals surface area contributed by atoms with Crippen molar-refractivity contribution in [2.45, 2.75) is 19.8 Å². The Bertz CT molecular complexity index is 1070. The fraction of sp³-hybridized carbons (Fsp3) is 0.304. The number of piperidine rings is 1. The van der Waals surface area contributed by atoms with Crippen LogP contribution in [-0.2, 0) is 4.79 Å². The number of aryl methyl sites for hydroxylation is 1. The number of carbonyl (C=O) groups is 2. The summed E-state index contributed by atoms with van der Waals surface area (Å²) in [5.41, 5.74) is 2.02. The predicted molar refractivity (Wildman–Crippen MR) is 115 cm³/mol. The van der Waals surface area contributed by atoms with Gasteiger partial charge in [0.1, 0.15) is 5.75 Å². The molecule has 1 saturated heterocycles. The first kappa shape index (κ1) is 20.6. The maximum atomic E-state index is 12.9. The van der Waals surface area contributed by atoms with Gasteiger partial charge in [-0.2, -0.15) is 4.98 Å². The third kappa shape index (κ3) is 4.58. The highest BCUT2D eigenvalue weighted by Crippen LogP contribution is 2.26. The highest BCUT2D eigenvalue weighted by molar-refractivity contribution is 5.96. The van der Waals surface area contributed by atoms with E-state index in [2.05, 4.69) is 15.5 Å². The van der Waals surface area contributed by atoms with E-state index in [4.69, 9.17) is 9.26 Å². The number of amides is 2. The second-order valence-corrected chi connectivity index (χ2v) is 7.48. The Morgan fingerprint density at radius 2 is 1.81 bits per heavy atom. The topological polar surface area (TPSA) is 97.6 Å². The maximum Gasteiger partial charge on any atom is 0.257 e. The molecule has 0 bridgehead atoms. The molecule has 31 heavy (non-hydrogen) atoms. The lowest BCUT2D eigenvalue weighted by atomic mass is 9.95. The average Bonchev–Trinajstić information content (AvgIpc) is 3.25. The molecule has 1 aliphatic rings. The normalized spacial score (nSPS) is 14.3. The number of hydrogen-bond donors (Lipinski definition) is 1. The fourth-order valence-corrected chi connectivity index (χ4v) is 3.68. The van der Waals surface area contributed by atoms with Gasteiger partial charge in [-0.05, 0) is 56.2 Å². The van der Waals surface area contributed by atoms with Crippen LogP contribution in [0, 0.1) is 12.8 Å². The highest BCUT2D eigenvalue weighted by atomic mass is 16.5. The van der Waals surface area contributed by atoms with Crippen molar-refractivity contribution in [2.75, 3.05) is 25.5 Å². The quantitative estimate of drug-likeness (QED) is 0.678. The van der Waals surface area contributed by atoms with Crippen molar-refractivity contribution in [2.24, 2.45) is 5.92 Å². The first-order chi connectivity index (χ1) is 15.0. The van der Waals surface area contributed by atoms with Gasteiger partial charge in [0.25, 0.3) is 11.8 Å². The Hall–Kier alpha value is -3.68. The van der Waals surface area contributed by atoms with Crippen LogP contribution in [0.15, 0.2) is 53.1 Å². The molecule has 2 amide bonds. The van der Waals surface area contributed by atoms with Crippen LogP contribution >= 0.6 is 0 Å². The van der Waals surface area contributed by atoms with Gasteiger partial charge in [-0.25, -0.2) is 0 Å². The molecule has 4 rings (SSSR count). The van der Waals surface area contributed by atoms with Gasteiger partial charge in [0, 0.05) is 30.1 Å². The van der Waals surface area contributed by atoms with Crippen molar-refractivity contribution in [3.8, 4) is 17.2 Å². The van der Waals surface area contributed by atoms with E-state index in [1.807, 2.05) is 24.3 Å². The minimum Gasteiger partial charge on any atom is -0.495 e. The van der Waals surface area contributed by atoms with E-state index >= 15 is 0 Å². The SMILES string of the molecule is COc1ccccc1NC(=O)C1CCN(C(=O)c2ccc(-c3nc(C)no3)cc2)CC1. The lowest BCUT2D eigenvalue weighted by Crippen LogP contribution is -2.41. The molecule has 3 aromatic rings. The van der Waals surface area contributed by atoms with Gasteiger partial charge in [0.2, 0.25) is 5.91 Å². The van der Waals surface area contributed by atoms with Crippen molar-refractivity contribution < 1.29 is 18.8 Å². The molecule has 2 aromatic carbocycles. The lowest BCUT2D eigenvalue weighted by Gasteiger charge is -2.31. The van der Waals surface area contributed by atoms with Crippen LogP contribution < -0.4 is 10.1 Å². The standard InChI is InChI=1S/C23H24N4O4/c1-15-24-22(31-26-15)17-7-9-18(10-8-17)23(29)27-13-11-16(12-14-27)21(28)25-19-5-3-4-6-20(19)30-2/h3-10,16H,11-14H2,1-2H3,(H,25,28). The van der Waals surface area contributed by atoms with Crippen LogP contribution in [-0.4, -0.2) is 47.1 Å². The first-order valence-electron chi connectivity index (χ1n) is 10.2. The van der Waals surface area contributed by atoms with E-state index in [1.54, 1.807) is 43.2 Å². The number of anilines is 1. The summed E-state index contributed by atoms with van der Waals surface area (Å²) in [6, 6.07) is 14.4. The molecule has 160 valence electrons. The maximum absolute atomic E-state index is 12.9. The Labute approximate surface area is 180 Å². The largest absolute Gasteiger partial charge is 0.495 e. The third-order valence-electron chi connectivity index (χ3n) is 5.42. The number of ether oxygens (including phenoxy) is 1. The van der Waals surface area contributed by atoms with Gasteiger partial charge >= 0.3 is 0 Å². The van der Waals surface area contributed by atoms with Crippen molar-refractivity contribution in [1.82, 2.24) is 15.0 Å². The van der Waals surface area contributed by atoms with Crippen molar-refractivity contribution >= 4 is 17.5 Å². The summed E-state index contributed by atoms with van der Waals surface area (Å²) in [7, 11) is 1.57. The Morgan fingerprint density at radius 3 is 2.45 bits per heavy atom. The van der Waals surface area contributed by atoms with Gasteiger partial charge in [-0.15, -0.1) is 0 Å². The zero-order valence-corrected chi connectivity index (χ0v) is 17.5. The molecule has 0 radical (unpaired) electrons. The molecule has 0 atom stereocenters. The van der Waals surface area contributed by atoms with Gasteiger partial charge in [-0.1, -0.05) is 17.3 Å². The fourth-order valence-electron chi connectivity index (χ4n) is 3.68. The Kier molecular flexibility index (Phi) is 5.97. The molecular weight excluding hydrogens is 396 g/mol. The smallest absolute Gasteiger partial charge is 0.257 e. The molecule has 0 aliphatic carbocycles. The number of nitrogens with one attached hydrogen (secondary N) is 1. The second-order valence-electron chi connectivity index (χ2n) is 7.48. The van der Waals surface area contributed by atoms with E-state index in [9.17, 15) is 9.59 Å². The summed E-state index contributed by atoms with van der Waals surface area (Å²) < 4.78 is 10.4. The minimum absolute atomic E-state index is 0.0446. The van der Waals surface area contributed by atoms with E-state index in [1.165, 1.54) is 0 Å². The molecule has 0 spiro atoms. The number of rotatable bonds is 5. The van der Waals surface area contributed by atoms with Crippen LogP contribution in [0.4, 0.5) is 5.69 Å². The third-order valence-corrected chi connectivity index (χ3v) is 5.42. The molecule has 8 heteroatoms. The monoisotopic (exact) mass is 420 g/mol. The number of nitrogens with zero attached hydrogens (tertiary/aromatic N) is 3. The van der Waals surface area contributed by atoms with Gasteiger partial charge in [0.15, 0.2) is 5.82 Å². The summed E-state index contributed by atoms with van der Waals surface area (Å²) in [4.78, 5) is 31.5. The van der Waals surface area contributed by atoms with Gasteiger partial charge in [-0.3, -0.25) is 9.59 Å². The second kappa shape index (κ2) is 8.99. The van der Waals surface area contributed by atoms with E-state index < -0.39 is 0 Å². The average molecular weight is 420 g/mol. The highest BCUT2D eigenvalue weighted by Gasteiger charge is 2.28. The number of hydrogen-bond acceptors (Lipinski definition) is 6. The summed E-state index contributed by atoms with van der Waals surface area (Å²) >= 11 is 0. The molecule has 1 aliphatic heterocycles. The molecule has 0 saturated carbocycles. The van der Waals surface area contributed by atoms with Gasteiger partial charge in [0.05, 0.1) is 12.8 Å². The van der Waals surface area contributed by atoms with E-state index in [0.29, 0.717) is 54.6 Å². The zero-order valence-electron chi connectivity index (χ0n) is 17.5. The van der Waals surface area contributed by atoms with Crippen LogP contribution in [0.5, 0.6) is 5.75 Å². The number of benzene rings is 2. The number of aromatic nitrogens is 2. The van der Waals surface area contributed by atoms with E-state index in [0.717, 1.165) is 5.56 Å². The number of para-hydroxylation sites is 2. The molecule has 1 N–H and O–H groups in total. The molecule has 1 aromatic heterocycles. The molecule has 0 unspecified atom stereocenters. The van der Waals surface area contributed by atoms with Crippen LogP contribution in [0.3, 0.4) is 0 Å². The minimum atomic E-state index is -0.142. The molecule has 2 heterocycles. The number of likely N-dealkylation sites (tertiary alicyclic amines) is 1. The lowest BCUT2D eigenvalue weighted by molar-refractivity contribution is -0.121.